The molecule has 1 heterocycles. The summed E-state index contributed by atoms with van der Waals surface area (Å²) in [5.41, 5.74) is 9.66. The fourth-order valence-electron chi connectivity index (χ4n) is 4.26. The van der Waals surface area contributed by atoms with Crippen LogP contribution in [0.25, 0.3) is 6.08 Å². The SMILES string of the molecule is CC.CCc1c(C)c2c(c3c1[C@H](C)C(C)C=C3)CN(C)C(C)C2. The number of likely N-dealkylation sites (N-methyl/N-ethyl adjacent to an activating group) is 1. The zero-order valence-corrected chi connectivity index (χ0v) is 16.5. The molecule has 0 bridgehead atoms. The van der Waals surface area contributed by atoms with Gasteiger partial charge in [0.1, 0.15) is 0 Å². The molecule has 128 valence electrons. The van der Waals surface area contributed by atoms with Crippen molar-refractivity contribution in [3.05, 3.63) is 39.5 Å². The molecular formula is C22H35N. The Labute approximate surface area is 143 Å². The average molecular weight is 314 g/mol. The van der Waals surface area contributed by atoms with Gasteiger partial charge >= 0.3 is 0 Å². The van der Waals surface area contributed by atoms with Gasteiger partial charge in [0.25, 0.3) is 0 Å². The van der Waals surface area contributed by atoms with Crippen LogP contribution in [-0.2, 0) is 19.4 Å². The summed E-state index contributed by atoms with van der Waals surface area (Å²) in [6.45, 7) is 16.9. The second kappa shape index (κ2) is 7.21. The van der Waals surface area contributed by atoms with Crippen LogP contribution in [0.15, 0.2) is 6.08 Å². The van der Waals surface area contributed by atoms with Crippen molar-refractivity contribution in [1.82, 2.24) is 4.90 Å². The maximum absolute atomic E-state index is 2.50. The van der Waals surface area contributed by atoms with Crippen LogP contribution in [-0.4, -0.2) is 18.0 Å². The molecule has 0 N–H and O–H groups in total. The summed E-state index contributed by atoms with van der Waals surface area (Å²) in [5.74, 6) is 1.30. The van der Waals surface area contributed by atoms with Crippen molar-refractivity contribution in [1.29, 1.82) is 0 Å². The fourth-order valence-corrected chi connectivity index (χ4v) is 4.26. The van der Waals surface area contributed by atoms with E-state index >= 15 is 0 Å². The lowest BCUT2D eigenvalue weighted by Crippen LogP contribution is -2.36. The molecule has 0 fully saturated rings. The minimum Gasteiger partial charge on any atom is -0.299 e. The van der Waals surface area contributed by atoms with Crippen molar-refractivity contribution in [2.75, 3.05) is 7.05 Å². The van der Waals surface area contributed by atoms with Crippen molar-refractivity contribution >= 4 is 6.08 Å². The number of allylic oxidation sites excluding steroid dienone is 1. The quantitative estimate of drug-likeness (QED) is 0.640. The fraction of sp³-hybridized carbons (Fsp3) is 0.636. The van der Waals surface area contributed by atoms with E-state index < -0.39 is 0 Å². The standard InChI is InChI=1S/C20H29N.C2H6/c1-7-16-15(5)18-10-13(3)21(6)11-19(18)17-9-8-12(2)14(4)20(16)17;1-2/h8-9,12-14H,7,10-11H2,1-6H3;1-2H3/t12?,13?,14-;/m1./s1. The van der Waals surface area contributed by atoms with Gasteiger partial charge in [-0.05, 0) is 79.0 Å². The molecule has 23 heavy (non-hydrogen) atoms. The topological polar surface area (TPSA) is 3.24 Å². The Morgan fingerprint density at radius 2 is 1.78 bits per heavy atom. The van der Waals surface area contributed by atoms with Crippen molar-refractivity contribution < 1.29 is 0 Å². The summed E-state index contributed by atoms with van der Waals surface area (Å²) in [7, 11) is 2.27. The van der Waals surface area contributed by atoms with E-state index in [1.54, 1.807) is 33.4 Å². The van der Waals surface area contributed by atoms with E-state index in [2.05, 4.69) is 58.7 Å². The van der Waals surface area contributed by atoms with E-state index in [4.69, 9.17) is 0 Å². The number of benzene rings is 1. The summed E-state index contributed by atoms with van der Waals surface area (Å²) in [4.78, 5) is 2.50. The van der Waals surface area contributed by atoms with E-state index in [9.17, 15) is 0 Å². The third-order valence-corrected chi connectivity index (χ3v) is 6.03. The molecule has 0 saturated heterocycles. The molecule has 0 radical (unpaired) electrons. The summed E-state index contributed by atoms with van der Waals surface area (Å²) in [5, 5.41) is 0. The predicted octanol–water partition coefficient (Wildman–Crippen LogP) is 5.73. The molecular weight excluding hydrogens is 278 g/mol. The Balaban J connectivity index is 0.000000924. The molecule has 1 aliphatic heterocycles. The minimum atomic E-state index is 0.647. The summed E-state index contributed by atoms with van der Waals surface area (Å²) >= 11 is 0. The highest BCUT2D eigenvalue weighted by Gasteiger charge is 2.30. The van der Waals surface area contributed by atoms with E-state index in [0.717, 1.165) is 13.0 Å². The number of hydrogen-bond donors (Lipinski definition) is 0. The van der Waals surface area contributed by atoms with Gasteiger partial charge in [-0.2, -0.15) is 0 Å². The van der Waals surface area contributed by atoms with Crippen LogP contribution in [0.3, 0.4) is 0 Å². The van der Waals surface area contributed by atoms with Gasteiger partial charge in [0, 0.05) is 12.6 Å². The third kappa shape index (κ3) is 3.01. The van der Waals surface area contributed by atoms with Gasteiger partial charge in [-0.25, -0.2) is 0 Å². The van der Waals surface area contributed by atoms with Crippen molar-refractivity contribution in [3.63, 3.8) is 0 Å². The molecule has 1 aromatic carbocycles. The molecule has 2 aliphatic rings. The van der Waals surface area contributed by atoms with Gasteiger partial charge < -0.3 is 0 Å². The molecule has 1 aliphatic carbocycles. The van der Waals surface area contributed by atoms with Crippen LogP contribution >= 0.6 is 0 Å². The van der Waals surface area contributed by atoms with Crippen LogP contribution in [0.5, 0.6) is 0 Å². The highest BCUT2D eigenvalue weighted by molar-refractivity contribution is 5.68. The van der Waals surface area contributed by atoms with E-state index in [1.165, 1.54) is 6.42 Å². The van der Waals surface area contributed by atoms with Crippen molar-refractivity contribution in [2.24, 2.45) is 5.92 Å². The van der Waals surface area contributed by atoms with Gasteiger partial charge in [0.05, 0.1) is 0 Å². The minimum absolute atomic E-state index is 0.647. The average Bonchev–Trinajstić information content (AvgIpc) is 2.55. The van der Waals surface area contributed by atoms with Gasteiger partial charge in [-0.1, -0.05) is 46.8 Å². The first-order valence-corrected chi connectivity index (χ1v) is 9.51. The highest BCUT2D eigenvalue weighted by Crippen LogP contribution is 2.42. The number of fused-ring (bicyclic) bond motifs is 3. The van der Waals surface area contributed by atoms with Gasteiger partial charge in [0.2, 0.25) is 0 Å². The number of nitrogens with zero attached hydrogens (tertiary/aromatic N) is 1. The van der Waals surface area contributed by atoms with E-state index in [0.29, 0.717) is 17.9 Å². The maximum atomic E-state index is 2.50. The monoisotopic (exact) mass is 313 g/mol. The van der Waals surface area contributed by atoms with Crippen LogP contribution in [0.2, 0.25) is 0 Å². The van der Waals surface area contributed by atoms with E-state index in [1.807, 2.05) is 13.8 Å². The molecule has 1 aromatic rings. The van der Waals surface area contributed by atoms with Crippen molar-refractivity contribution in [3.8, 4) is 0 Å². The Bertz CT molecular complexity index is 597. The number of hydrogen-bond acceptors (Lipinski definition) is 1. The first-order valence-electron chi connectivity index (χ1n) is 9.51. The van der Waals surface area contributed by atoms with Gasteiger partial charge in [-0.3, -0.25) is 4.90 Å². The summed E-state index contributed by atoms with van der Waals surface area (Å²) < 4.78 is 0. The molecule has 1 heteroatoms. The van der Waals surface area contributed by atoms with Gasteiger partial charge in [-0.15, -0.1) is 0 Å². The normalized spacial score (nSPS) is 26.2. The third-order valence-electron chi connectivity index (χ3n) is 6.03. The molecule has 0 spiro atoms. The number of rotatable bonds is 1. The largest absolute Gasteiger partial charge is 0.299 e. The molecule has 0 saturated carbocycles. The second-order valence-corrected chi connectivity index (χ2v) is 7.22. The van der Waals surface area contributed by atoms with Crippen molar-refractivity contribution in [2.45, 2.75) is 79.8 Å². The summed E-state index contributed by atoms with van der Waals surface area (Å²) in [6.07, 6.45) is 7.20. The molecule has 0 amide bonds. The molecule has 3 rings (SSSR count). The Morgan fingerprint density at radius 1 is 1.13 bits per heavy atom. The lowest BCUT2D eigenvalue weighted by Gasteiger charge is -2.38. The zero-order chi connectivity index (χ0) is 17.3. The predicted molar refractivity (Wildman–Crippen MR) is 103 cm³/mol. The van der Waals surface area contributed by atoms with Crippen LogP contribution in [0, 0.1) is 12.8 Å². The molecule has 1 nitrogen and oxygen atoms in total. The summed E-state index contributed by atoms with van der Waals surface area (Å²) in [6, 6.07) is 0.655. The van der Waals surface area contributed by atoms with Crippen LogP contribution in [0.4, 0.5) is 0 Å². The first kappa shape index (κ1) is 18.3. The van der Waals surface area contributed by atoms with Crippen LogP contribution in [0.1, 0.15) is 80.8 Å². The lowest BCUT2D eigenvalue weighted by molar-refractivity contribution is 0.230. The zero-order valence-electron chi connectivity index (χ0n) is 16.5. The Morgan fingerprint density at radius 3 is 2.39 bits per heavy atom. The first-order chi connectivity index (χ1) is 11.0. The smallest absolute Gasteiger partial charge is 0.0242 e. The Kier molecular flexibility index (Phi) is 5.73. The Hall–Kier alpha value is -1.08. The molecule has 3 atom stereocenters. The lowest BCUT2D eigenvalue weighted by atomic mass is 9.72. The van der Waals surface area contributed by atoms with Gasteiger partial charge in [0.15, 0.2) is 0 Å². The maximum Gasteiger partial charge on any atom is 0.0242 e. The highest BCUT2D eigenvalue weighted by atomic mass is 15.1. The molecule has 0 aromatic heterocycles. The van der Waals surface area contributed by atoms with Crippen LogP contribution < -0.4 is 0 Å². The molecule has 2 unspecified atom stereocenters. The second-order valence-electron chi connectivity index (χ2n) is 7.22. The van der Waals surface area contributed by atoms with E-state index in [-0.39, 0.29) is 0 Å².